The molecule has 8 heteroatoms. The number of hydrogen-bond donors (Lipinski definition) is 3. The van der Waals surface area contributed by atoms with Gasteiger partial charge in [-0.1, -0.05) is 18.2 Å². The number of benzene rings is 2. The van der Waals surface area contributed by atoms with Gasteiger partial charge in [-0.05, 0) is 64.3 Å². The molecule has 0 fully saturated rings. The second-order valence-electron chi connectivity index (χ2n) is 6.51. The van der Waals surface area contributed by atoms with Gasteiger partial charge in [0.2, 0.25) is 0 Å². The first-order valence-corrected chi connectivity index (χ1v) is 10.1. The van der Waals surface area contributed by atoms with Crippen LogP contribution in [0.5, 0.6) is 0 Å². The summed E-state index contributed by atoms with van der Waals surface area (Å²) < 4.78 is 33.6. The lowest BCUT2D eigenvalue weighted by Gasteiger charge is -2.17. The first-order valence-electron chi connectivity index (χ1n) is 8.53. The smallest absolute Gasteiger partial charge is 0.336 e. The highest BCUT2D eigenvalue weighted by Crippen LogP contribution is 2.33. The van der Waals surface area contributed by atoms with Gasteiger partial charge in [0.25, 0.3) is 0 Å². The molecule has 0 saturated heterocycles. The summed E-state index contributed by atoms with van der Waals surface area (Å²) in [6.45, 7) is 0. The van der Waals surface area contributed by atoms with Crippen molar-refractivity contribution in [1.29, 1.82) is 0 Å². The Morgan fingerprint density at radius 3 is 2.17 bits per heavy atom. The number of carboxylic acids is 1. The topological polar surface area (TPSA) is 146 Å². The van der Waals surface area contributed by atoms with Crippen molar-refractivity contribution in [2.75, 3.05) is 5.73 Å². The first-order chi connectivity index (χ1) is 13.6. The third-order valence-corrected chi connectivity index (χ3v) is 5.01. The summed E-state index contributed by atoms with van der Waals surface area (Å²) in [4.78, 5) is 11.9. The zero-order valence-electron chi connectivity index (χ0n) is 15.2. The molecule has 0 bridgehead atoms. The Morgan fingerprint density at radius 1 is 1.00 bits per heavy atom. The van der Waals surface area contributed by atoms with E-state index in [9.17, 15) is 22.9 Å². The second kappa shape index (κ2) is 7.86. The Labute approximate surface area is 167 Å². The molecule has 7 nitrogen and oxygen atoms in total. The van der Waals surface area contributed by atoms with Crippen molar-refractivity contribution in [3.63, 3.8) is 0 Å². The summed E-state index contributed by atoms with van der Waals surface area (Å²) in [5.41, 5.74) is 9.20. The fraction of sp³-hybridized carbons (Fsp3) is 0.0476. The number of nitrogens with two attached hydrogens (primary N) is 2. The molecule has 0 saturated carbocycles. The molecule has 29 heavy (non-hydrogen) atoms. The zero-order chi connectivity index (χ0) is 21.2. The molecule has 2 aromatic carbocycles. The first kappa shape index (κ1) is 20.2. The molecular weight excluding hydrogens is 392 g/mol. The van der Waals surface area contributed by atoms with Gasteiger partial charge in [0.1, 0.15) is 0 Å². The summed E-state index contributed by atoms with van der Waals surface area (Å²) in [5, 5.41) is 15.5. The Hall–Kier alpha value is -3.49. The normalized spacial score (nSPS) is 13.6. The van der Waals surface area contributed by atoms with Gasteiger partial charge in [0, 0.05) is 17.8 Å². The average Bonchev–Trinajstić information content (AvgIpc) is 2.64. The maximum Gasteiger partial charge on any atom is 0.336 e. The molecule has 0 aliphatic heterocycles. The summed E-state index contributed by atoms with van der Waals surface area (Å²) >= 11 is 0. The van der Waals surface area contributed by atoms with Crippen molar-refractivity contribution in [1.82, 2.24) is 0 Å². The third kappa shape index (κ3) is 4.87. The predicted octanol–water partition coefficient (Wildman–Crippen LogP) is 1.14. The van der Waals surface area contributed by atoms with Crippen LogP contribution in [0.15, 0.2) is 72.3 Å². The van der Waals surface area contributed by atoms with Gasteiger partial charge >= 0.3 is 5.97 Å². The Morgan fingerprint density at radius 2 is 1.62 bits per heavy atom. The van der Waals surface area contributed by atoms with Crippen LogP contribution in [0, 0.1) is 0 Å². The van der Waals surface area contributed by atoms with E-state index in [1.54, 1.807) is 48.6 Å². The van der Waals surface area contributed by atoms with Crippen LogP contribution in [0.25, 0.3) is 5.57 Å². The molecule has 2 aromatic rings. The highest BCUT2D eigenvalue weighted by Gasteiger charge is 2.19. The van der Waals surface area contributed by atoms with E-state index in [0.29, 0.717) is 28.1 Å². The predicted molar refractivity (Wildman–Crippen MR) is 109 cm³/mol. The molecule has 148 valence electrons. The summed E-state index contributed by atoms with van der Waals surface area (Å²) in [7, 11) is -4.53. The maximum absolute atomic E-state index is 11.9. The number of allylic oxidation sites excluding steroid dienone is 5. The fourth-order valence-electron chi connectivity index (χ4n) is 3.06. The van der Waals surface area contributed by atoms with E-state index in [-0.39, 0.29) is 16.7 Å². The van der Waals surface area contributed by atoms with Gasteiger partial charge < -0.3 is 15.4 Å². The molecule has 3 rings (SSSR count). The van der Waals surface area contributed by atoms with Crippen LogP contribution >= 0.6 is 0 Å². The molecule has 0 heterocycles. The standard InChI is InChI=1S/C21H18N2O5S/c22-16-6-2-14(3-7-16)20(15-4-8-17(23)9-5-15)19-11-13(12-29(26,27)28)1-10-18(19)21(24)25/h1-11,22H,12,23H2,(H,24,25)(H,26,27,28). The lowest BCUT2D eigenvalue weighted by Crippen LogP contribution is -2.37. The minimum Gasteiger partial charge on any atom is -0.748 e. The van der Waals surface area contributed by atoms with Crippen LogP contribution in [-0.2, 0) is 15.9 Å². The number of anilines is 1. The third-order valence-electron chi connectivity index (χ3n) is 4.33. The number of carboxylic acid groups (broad SMARTS) is 1. The molecule has 1 aliphatic rings. The lowest BCUT2D eigenvalue weighted by atomic mass is 9.87. The Kier molecular flexibility index (Phi) is 5.49. The van der Waals surface area contributed by atoms with Crippen LogP contribution in [0.3, 0.4) is 0 Å². The van der Waals surface area contributed by atoms with Crippen molar-refractivity contribution in [2.24, 2.45) is 0 Å². The van der Waals surface area contributed by atoms with E-state index in [1.807, 2.05) is 0 Å². The fourth-order valence-corrected chi connectivity index (χ4v) is 3.64. The molecule has 0 atom stereocenters. The van der Waals surface area contributed by atoms with E-state index < -0.39 is 21.8 Å². The van der Waals surface area contributed by atoms with Crippen molar-refractivity contribution < 1.29 is 28.3 Å². The van der Waals surface area contributed by atoms with E-state index >= 15 is 0 Å². The number of nitrogen functional groups attached to an aromatic ring is 1. The number of rotatable bonds is 5. The molecule has 1 aliphatic carbocycles. The molecule has 0 aromatic heterocycles. The van der Waals surface area contributed by atoms with Crippen molar-refractivity contribution >= 4 is 33.1 Å². The SMILES string of the molecule is Nc1ccc(C(=C2C=CC(=[NH2+])C=C2)c2cc(CS(=O)(=O)[O-])ccc2C(=O)O)cc1. The summed E-state index contributed by atoms with van der Waals surface area (Å²) in [6, 6.07) is 10.9. The molecule has 0 unspecified atom stereocenters. The number of carbonyl (C=O) groups is 1. The number of hydrogen-bond acceptors (Lipinski definition) is 5. The van der Waals surface area contributed by atoms with Crippen LogP contribution < -0.4 is 11.1 Å². The maximum atomic E-state index is 11.9. The quantitative estimate of drug-likeness (QED) is 0.498. The van der Waals surface area contributed by atoms with E-state index in [2.05, 4.69) is 0 Å². The van der Waals surface area contributed by atoms with Gasteiger partial charge in [0.05, 0.1) is 21.4 Å². The minimum absolute atomic E-state index is 0.0271. The average molecular weight is 410 g/mol. The van der Waals surface area contributed by atoms with Gasteiger partial charge in [-0.2, -0.15) is 0 Å². The van der Waals surface area contributed by atoms with Gasteiger partial charge in [-0.25, -0.2) is 13.2 Å². The summed E-state index contributed by atoms with van der Waals surface area (Å²) in [6.07, 6.45) is 6.84. The van der Waals surface area contributed by atoms with Crippen LogP contribution in [0.4, 0.5) is 5.69 Å². The van der Waals surface area contributed by atoms with Gasteiger partial charge in [0.15, 0.2) is 5.71 Å². The van der Waals surface area contributed by atoms with Crippen LogP contribution in [-0.4, -0.2) is 29.8 Å². The van der Waals surface area contributed by atoms with Gasteiger partial charge in [-0.3, -0.25) is 5.41 Å². The number of aromatic carboxylic acids is 1. The van der Waals surface area contributed by atoms with Crippen molar-refractivity contribution in [3.05, 3.63) is 94.6 Å². The van der Waals surface area contributed by atoms with Crippen LogP contribution in [0.2, 0.25) is 0 Å². The molecular formula is C21H18N2O5S. The van der Waals surface area contributed by atoms with E-state index in [1.165, 1.54) is 18.2 Å². The molecule has 5 N–H and O–H groups in total. The van der Waals surface area contributed by atoms with E-state index in [4.69, 9.17) is 11.1 Å². The summed E-state index contributed by atoms with van der Waals surface area (Å²) in [5.74, 6) is -1.92. The van der Waals surface area contributed by atoms with Gasteiger partial charge in [-0.15, -0.1) is 0 Å². The molecule has 0 spiro atoms. The zero-order valence-corrected chi connectivity index (χ0v) is 16.0. The Balaban J connectivity index is 2.31. The second-order valence-corrected chi connectivity index (χ2v) is 7.91. The van der Waals surface area contributed by atoms with Crippen molar-refractivity contribution in [3.8, 4) is 0 Å². The monoisotopic (exact) mass is 410 g/mol. The van der Waals surface area contributed by atoms with Crippen LogP contribution in [0.1, 0.15) is 27.0 Å². The van der Waals surface area contributed by atoms with Crippen molar-refractivity contribution in [2.45, 2.75) is 5.75 Å². The Bertz CT molecular complexity index is 1170. The highest BCUT2D eigenvalue weighted by molar-refractivity contribution is 7.84. The van der Waals surface area contributed by atoms with E-state index in [0.717, 1.165) is 0 Å². The minimum atomic E-state index is -4.53. The highest BCUT2D eigenvalue weighted by atomic mass is 32.2. The molecule has 0 amide bonds. The lowest BCUT2D eigenvalue weighted by molar-refractivity contribution is -0.110. The largest absolute Gasteiger partial charge is 0.748 e. The molecule has 0 radical (unpaired) electrons.